The number of ether oxygens (including phenoxy) is 2. The smallest absolute Gasteiger partial charge is 0.0584 e. The lowest BCUT2D eigenvalue weighted by atomic mass is 9.80. The highest BCUT2D eigenvalue weighted by Crippen LogP contribution is 2.34. The van der Waals surface area contributed by atoms with Crippen LogP contribution in [0, 0.1) is 17.8 Å². The molecule has 2 fully saturated rings. The largest absolute Gasteiger partial charge is 0.379 e. The Hall–Kier alpha value is -0.120. The molecule has 0 N–H and O–H groups in total. The monoisotopic (exact) mass is 311 g/mol. The predicted octanol–water partition coefficient (Wildman–Crippen LogP) is 3.96. The highest BCUT2D eigenvalue weighted by molar-refractivity contribution is 4.86. The van der Waals surface area contributed by atoms with Gasteiger partial charge in [0.1, 0.15) is 0 Å². The number of hydrogen-bond donors (Lipinski definition) is 0. The third-order valence-corrected chi connectivity index (χ3v) is 5.28. The fraction of sp³-hybridized carbons (Fsp3) is 1.00. The second kappa shape index (κ2) is 8.65. The SMILES string of the molecule is CC(C)OCC[C@@H]1CCN(C[C@H]2C[C@H](OC(C)C)C2)C[C@H]1C. The van der Waals surface area contributed by atoms with Crippen molar-refractivity contribution in [3.8, 4) is 0 Å². The van der Waals surface area contributed by atoms with E-state index in [0.29, 0.717) is 18.3 Å². The first-order chi connectivity index (χ1) is 10.4. The summed E-state index contributed by atoms with van der Waals surface area (Å²) in [6, 6.07) is 0. The first-order valence-corrected chi connectivity index (χ1v) is 9.43. The second-order valence-corrected chi connectivity index (χ2v) is 8.14. The molecule has 1 saturated carbocycles. The fourth-order valence-electron chi connectivity index (χ4n) is 4.02. The fourth-order valence-corrected chi connectivity index (χ4v) is 4.02. The van der Waals surface area contributed by atoms with E-state index >= 15 is 0 Å². The molecule has 0 spiro atoms. The topological polar surface area (TPSA) is 21.7 Å². The molecule has 0 radical (unpaired) electrons. The van der Waals surface area contributed by atoms with E-state index in [-0.39, 0.29) is 0 Å². The molecule has 1 heterocycles. The Labute approximate surface area is 137 Å². The zero-order chi connectivity index (χ0) is 16.1. The van der Waals surface area contributed by atoms with Gasteiger partial charge in [-0.25, -0.2) is 0 Å². The quantitative estimate of drug-likeness (QED) is 0.677. The van der Waals surface area contributed by atoms with Crippen molar-refractivity contribution in [3.63, 3.8) is 0 Å². The molecule has 3 heteroatoms. The van der Waals surface area contributed by atoms with Crippen LogP contribution in [0.15, 0.2) is 0 Å². The number of nitrogens with zero attached hydrogens (tertiary/aromatic N) is 1. The van der Waals surface area contributed by atoms with Gasteiger partial charge in [-0.3, -0.25) is 0 Å². The molecule has 0 bridgehead atoms. The Kier molecular flexibility index (Phi) is 7.17. The van der Waals surface area contributed by atoms with E-state index in [4.69, 9.17) is 9.47 Å². The predicted molar refractivity (Wildman–Crippen MR) is 92.1 cm³/mol. The molecule has 0 aromatic heterocycles. The van der Waals surface area contributed by atoms with Crippen molar-refractivity contribution >= 4 is 0 Å². The Morgan fingerprint density at radius 3 is 2.41 bits per heavy atom. The molecule has 0 unspecified atom stereocenters. The normalized spacial score (nSPS) is 33.4. The zero-order valence-corrected chi connectivity index (χ0v) is 15.4. The van der Waals surface area contributed by atoms with E-state index in [1.165, 1.54) is 45.3 Å². The number of hydrogen-bond acceptors (Lipinski definition) is 3. The summed E-state index contributed by atoms with van der Waals surface area (Å²) in [5.41, 5.74) is 0. The van der Waals surface area contributed by atoms with Gasteiger partial charge in [0.05, 0.1) is 18.3 Å². The van der Waals surface area contributed by atoms with Crippen LogP contribution in [0.5, 0.6) is 0 Å². The van der Waals surface area contributed by atoms with Gasteiger partial charge in [-0.1, -0.05) is 6.92 Å². The van der Waals surface area contributed by atoms with Crippen LogP contribution in [0.2, 0.25) is 0 Å². The minimum Gasteiger partial charge on any atom is -0.379 e. The maximum Gasteiger partial charge on any atom is 0.0584 e. The lowest BCUT2D eigenvalue weighted by molar-refractivity contribution is -0.0709. The van der Waals surface area contributed by atoms with Crippen LogP contribution >= 0.6 is 0 Å². The summed E-state index contributed by atoms with van der Waals surface area (Å²) in [5.74, 6) is 2.54. The summed E-state index contributed by atoms with van der Waals surface area (Å²) in [7, 11) is 0. The van der Waals surface area contributed by atoms with Gasteiger partial charge in [0.25, 0.3) is 0 Å². The highest BCUT2D eigenvalue weighted by atomic mass is 16.5. The van der Waals surface area contributed by atoms with Gasteiger partial charge >= 0.3 is 0 Å². The molecule has 1 aliphatic carbocycles. The van der Waals surface area contributed by atoms with Crippen LogP contribution in [-0.4, -0.2) is 49.5 Å². The first kappa shape index (κ1) is 18.2. The van der Waals surface area contributed by atoms with Crippen LogP contribution in [0.25, 0.3) is 0 Å². The van der Waals surface area contributed by atoms with Crippen molar-refractivity contribution in [2.75, 3.05) is 26.2 Å². The average molecular weight is 312 g/mol. The molecule has 22 heavy (non-hydrogen) atoms. The first-order valence-electron chi connectivity index (χ1n) is 9.43. The second-order valence-electron chi connectivity index (χ2n) is 8.14. The molecule has 1 saturated heterocycles. The van der Waals surface area contributed by atoms with Gasteiger partial charge in [-0.2, -0.15) is 0 Å². The molecular weight excluding hydrogens is 274 g/mol. The molecule has 2 rings (SSSR count). The molecule has 2 aliphatic rings. The summed E-state index contributed by atoms with van der Waals surface area (Å²) in [6.45, 7) is 15.7. The van der Waals surface area contributed by atoms with Crippen molar-refractivity contribution in [1.82, 2.24) is 4.90 Å². The molecule has 3 nitrogen and oxygen atoms in total. The molecule has 2 atom stereocenters. The van der Waals surface area contributed by atoms with Gasteiger partial charge in [0, 0.05) is 19.7 Å². The summed E-state index contributed by atoms with van der Waals surface area (Å²) >= 11 is 0. The molecule has 0 aromatic carbocycles. The van der Waals surface area contributed by atoms with Gasteiger partial charge in [-0.15, -0.1) is 0 Å². The van der Waals surface area contributed by atoms with Gasteiger partial charge < -0.3 is 14.4 Å². The van der Waals surface area contributed by atoms with E-state index in [0.717, 1.165) is 24.4 Å². The van der Waals surface area contributed by atoms with Crippen molar-refractivity contribution in [3.05, 3.63) is 0 Å². The van der Waals surface area contributed by atoms with Crippen molar-refractivity contribution in [2.45, 2.75) is 78.6 Å². The summed E-state index contributed by atoms with van der Waals surface area (Å²) in [4.78, 5) is 2.70. The lowest BCUT2D eigenvalue weighted by Crippen LogP contribution is -2.46. The maximum atomic E-state index is 5.87. The zero-order valence-electron chi connectivity index (χ0n) is 15.4. The van der Waals surface area contributed by atoms with Crippen molar-refractivity contribution in [2.24, 2.45) is 17.8 Å². The third-order valence-electron chi connectivity index (χ3n) is 5.28. The third kappa shape index (κ3) is 5.82. The minimum absolute atomic E-state index is 0.370. The Morgan fingerprint density at radius 2 is 1.82 bits per heavy atom. The lowest BCUT2D eigenvalue weighted by Gasteiger charge is -2.43. The summed E-state index contributed by atoms with van der Waals surface area (Å²) < 4.78 is 11.6. The molecule has 0 aromatic rings. The van der Waals surface area contributed by atoms with Crippen molar-refractivity contribution < 1.29 is 9.47 Å². The van der Waals surface area contributed by atoms with Gasteiger partial charge in [0.15, 0.2) is 0 Å². The van der Waals surface area contributed by atoms with Gasteiger partial charge in [0.2, 0.25) is 0 Å². The minimum atomic E-state index is 0.370. The summed E-state index contributed by atoms with van der Waals surface area (Å²) in [6.07, 6.45) is 6.42. The van der Waals surface area contributed by atoms with E-state index in [9.17, 15) is 0 Å². The van der Waals surface area contributed by atoms with E-state index < -0.39 is 0 Å². The van der Waals surface area contributed by atoms with E-state index in [1.54, 1.807) is 0 Å². The van der Waals surface area contributed by atoms with E-state index in [2.05, 4.69) is 39.5 Å². The summed E-state index contributed by atoms with van der Waals surface area (Å²) in [5, 5.41) is 0. The molecule has 0 amide bonds. The van der Waals surface area contributed by atoms with Gasteiger partial charge in [-0.05, 0) is 77.7 Å². The maximum absolute atomic E-state index is 5.87. The number of rotatable bonds is 8. The Balaban J connectivity index is 1.60. The van der Waals surface area contributed by atoms with Crippen LogP contribution in [0.3, 0.4) is 0 Å². The number of piperidine rings is 1. The Bertz CT molecular complexity index is 313. The average Bonchev–Trinajstić information content (AvgIpc) is 2.38. The van der Waals surface area contributed by atoms with Crippen LogP contribution in [0.1, 0.15) is 60.3 Å². The molecule has 130 valence electrons. The molecule has 1 aliphatic heterocycles. The number of likely N-dealkylation sites (tertiary alicyclic amines) is 1. The van der Waals surface area contributed by atoms with Crippen molar-refractivity contribution in [1.29, 1.82) is 0 Å². The standard InChI is InChI=1S/C19H37NO2/c1-14(2)21-9-7-18-6-8-20(12-16(18)5)13-17-10-19(11-17)22-15(3)4/h14-19H,6-13H2,1-5H3/t16-,17-,18+,19-/m1/s1. The van der Waals surface area contributed by atoms with Crippen LogP contribution in [-0.2, 0) is 9.47 Å². The van der Waals surface area contributed by atoms with Crippen LogP contribution < -0.4 is 0 Å². The Morgan fingerprint density at radius 1 is 1.09 bits per heavy atom. The van der Waals surface area contributed by atoms with E-state index in [1.807, 2.05) is 0 Å². The highest BCUT2D eigenvalue weighted by Gasteiger charge is 2.34. The molecular formula is C19H37NO2. The van der Waals surface area contributed by atoms with Crippen LogP contribution in [0.4, 0.5) is 0 Å².